The molecule has 0 aromatic rings. The van der Waals surface area contributed by atoms with E-state index in [2.05, 4.69) is 10.6 Å². The number of carbonyl (C=O) groups excluding carboxylic acids is 3. The van der Waals surface area contributed by atoms with E-state index in [1.807, 2.05) is 13.8 Å². The zero-order valence-electron chi connectivity index (χ0n) is 18.3. The molecule has 1 saturated heterocycles. The van der Waals surface area contributed by atoms with Crippen molar-refractivity contribution in [3.05, 3.63) is 0 Å². The molecule has 29 heavy (non-hydrogen) atoms. The predicted octanol–water partition coefficient (Wildman–Crippen LogP) is 0.327. The Morgan fingerprint density at radius 1 is 0.931 bits per heavy atom. The number of nitrogens with two attached hydrogens (primary N) is 1. The van der Waals surface area contributed by atoms with Crippen LogP contribution < -0.4 is 16.4 Å². The van der Waals surface area contributed by atoms with Gasteiger partial charge in [-0.15, -0.1) is 0 Å². The van der Waals surface area contributed by atoms with Gasteiger partial charge in [0.05, 0.1) is 6.04 Å². The lowest BCUT2D eigenvalue weighted by atomic mass is 9.99. The Bertz CT molecular complexity index is 620. The third-order valence-electron chi connectivity index (χ3n) is 5.32. The van der Waals surface area contributed by atoms with Gasteiger partial charge in [0.1, 0.15) is 18.1 Å². The number of carboxylic acid groups (broad SMARTS) is 1. The summed E-state index contributed by atoms with van der Waals surface area (Å²) in [6.07, 6.45) is 1.18. The van der Waals surface area contributed by atoms with Crippen molar-refractivity contribution in [2.24, 2.45) is 23.5 Å². The smallest absolute Gasteiger partial charge is 0.326 e. The van der Waals surface area contributed by atoms with Crippen LogP contribution in [0, 0.1) is 17.8 Å². The number of carboxylic acids is 1. The minimum Gasteiger partial charge on any atom is -0.480 e. The highest BCUT2D eigenvalue weighted by atomic mass is 16.4. The van der Waals surface area contributed by atoms with E-state index in [0.29, 0.717) is 19.4 Å². The summed E-state index contributed by atoms with van der Waals surface area (Å²) in [5.74, 6) is -2.98. The second-order valence-electron chi connectivity index (χ2n) is 8.76. The third kappa shape index (κ3) is 6.42. The first kappa shape index (κ1) is 24.9. The lowest BCUT2D eigenvalue weighted by Crippen LogP contribution is -2.58. The Hall–Kier alpha value is -2.16. The molecule has 9 heteroatoms. The van der Waals surface area contributed by atoms with Crippen molar-refractivity contribution in [2.45, 2.75) is 78.6 Å². The van der Waals surface area contributed by atoms with Gasteiger partial charge in [-0.1, -0.05) is 41.5 Å². The number of aliphatic carboxylic acids is 1. The summed E-state index contributed by atoms with van der Waals surface area (Å²) < 4.78 is 0. The van der Waals surface area contributed by atoms with E-state index in [9.17, 15) is 24.3 Å². The van der Waals surface area contributed by atoms with Crippen LogP contribution in [0.5, 0.6) is 0 Å². The number of rotatable bonds is 9. The molecule has 0 aliphatic carbocycles. The lowest BCUT2D eigenvalue weighted by molar-refractivity contribution is -0.144. The van der Waals surface area contributed by atoms with Crippen LogP contribution in [0.2, 0.25) is 0 Å². The molecule has 1 fully saturated rings. The summed E-state index contributed by atoms with van der Waals surface area (Å²) in [6, 6.07) is -3.31. The largest absolute Gasteiger partial charge is 0.480 e. The number of hydrogen-bond acceptors (Lipinski definition) is 5. The van der Waals surface area contributed by atoms with E-state index >= 15 is 0 Å². The van der Waals surface area contributed by atoms with Gasteiger partial charge in [-0.25, -0.2) is 4.79 Å². The van der Waals surface area contributed by atoms with Gasteiger partial charge in [0.2, 0.25) is 17.7 Å². The van der Waals surface area contributed by atoms with Crippen molar-refractivity contribution < 1.29 is 24.3 Å². The molecule has 0 bridgehead atoms. The zero-order valence-corrected chi connectivity index (χ0v) is 18.3. The Morgan fingerprint density at radius 2 is 1.48 bits per heavy atom. The number of amides is 3. The Balaban J connectivity index is 2.90. The van der Waals surface area contributed by atoms with Gasteiger partial charge in [0.15, 0.2) is 0 Å². The maximum Gasteiger partial charge on any atom is 0.326 e. The summed E-state index contributed by atoms with van der Waals surface area (Å²) in [6.45, 7) is 11.1. The Labute approximate surface area is 172 Å². The van der Waals surface area contributed by atoms with Crippen LogP contribution in [0.25, 0.3) is 0 Å². The van der Waals surface area contributed by atoms with Gasteiger partial charge in [-0.3, -0.25) is 14.4 Å². The van der Waals surface area contributed by atoms with Crippen LogP contribution in [-0.4, -0.2) is 64.4 Å². The number of likely N-dealkylation sites (tertiary alicyclic amines) is 1. The molecule has 4 atom stereocenters. The Kier molecular flexibility index (Phi) is 9.07. The van der Waals surface area contributed by atoms with Crippen molar-refractivity contribution in [2.75, 3.05) is 6.54 Å². The van der Waals surface area contributed by atoms with Crippen LogP contribution in [0.15, 0.2) is 0 Å². The standard InChI is InChI=1S/C20H36N4O5/c1-10(2)14(21)19(27)24-9-7-8-13(24)17(25)22-15(11(3)4)18(26)23-16(12(5)6)20(28)29/h10-16H,7-9,21H2,1-6H3,(H,22,25)(H,23,26)(H,28,29). The maximum absolute atomic E-state index is 12.9. The summed E-state index contributed by atoms with van der Waals surface area (Å²) in [4.78, 5) is 51.1. The fourth-order valence-corrected chi connectivity index (χ4v) is 3.32. The summed E-state index contributed by atoms with van der Waals surface area (Å²) in [7, 11) is 0. The summed E-state index contributed by atoms with van der Waals surface area (Å²) in [5.41, 5.74) is 5.97. The molecule has 1 aliphatic heterocycles. The second kappa shape index (κ2) is 10.6. The van der Waals surface area contributed by atoms with Gasteiger partial charge in [0.25, 0.3) is 0 Å². The molecule has 0 aromatic carbocycles. The first-order valence-electron chi connectivity index (χ1n) is 10.3. The van der Waals surface area contributed by atoms with E-state index < -0.39 is 42.0 Å². The average molecular weight is 413 g/mol. The highest BCUT2D eigenvalue weighted by molar-refractivity contribution is 5.94. The van der Waals surface area contributed by atoms with Crippen molar-refractivity contribution >= 4 is 23.7 Å². The van der Waals surface area contributed by atoms with Crippen LogP contribution in [0.3, 0.4) is 0 Å². The molecule has 4 unspecified atom stereocenters. The predicted molar refractivity (Wildman–Crippen MR) is 109 cm³/mol. The first-order valence-corrected chi connectivity index (χ1v) is 10.3. The van der Waals surface area contributed by atoms with Crippen LogP contribution >= 0.6 is 0 Å². The third-order valence-corrected chi connectivity index (χ3v) is 5.32. The van der Waals surface area contributed by atoms with Crippen LogP contribution in [0.4, 0.5) is 0 Å². The topological polar surface area (TPSA) is 142 Å². The van der Waals surface area contributed by atoms with Crippen molar-refractivity contribution in [1.29, 1.82) is 0 Å². The minimum absolute atomic E-state index is 0.0509. The molecule has 166 valence electrons. The fraction of sp³-hybridized carbons (Fsp3) is 0.800. The molecule has 0 saturated carbocycles. The van der Waals surface area contributed by atoms with Crippen molar-refractivity contribution in [3.8, 4) is 0 Å². The Morgan fingerprint density at radius 3 is 1.93 bits per heavy atom. The fourth-order valence-electron chi connectivity index (χ4n) is 3.32. The quantitative estimate of drug-likeness (QED) is 0.430. The van der Waals surface area contributed by atoms with Gasteiger partial charge < -0.3 is 26.4 Å². The molecule has 0 spiro atoms. The van der Waals surface area contributed by atoms with E-state index in [0.717, 1.165) is 0 Å². The van der Waals surface area contributed by atoms with Crippen LogP contribution in [0.1, 0.15) is 54.4 Å². The number of hydrogen-bond donors (Lipinski definition) is 4. The van der Waals surface area contributed by atoms with E-state index in [1.165, 1.54) is 4.90 Å². The normalized spacial score (nSPS) is 19.9. The molecular formula is C20H36N4O5. The monoisotopic (exact) mass is 412 g/mol. The highest BCUT2D eigenvalue weighted by Gasteiger charge is 2.39. The second-order valence-corrected chi connectivity index (χ2v) is 8.76. The first-order chi connectivity index (χ1) is 13.4. The molecule has 5 N–H and O–H groups in total. The minimum atomic E-state index is -1.13. The van der Waals surface area contributed by atoms with Crippen molar-refractivity contribution in [3.63, 3.8) is 0 Å². The maximum atomic E-state index is 12.9. The molecule has 9 nitrogen and oxygen atoms in total. The van der Waals surface area contributed by atoms with Crippen molar-refractivity contribution in [1.82, 2.24) is 15.5 Å². The summed E-state index contributed by atoms with van der Waals surface area (Å²) in [5, 5.41) is 14.5. The molecule has 0 aromatic heterocycles. The van der Waals surface area contributed by atoms with Crippen LogP contribution in [-0.2, 0) is 19.2 Å². The lowest BCUT2D eigenvalue weighted by Gasteiger charge is -2.30. The molecule has 1 rings (SSSR count). The van der Waals surface area contributed by atoms with Gasteiger partial charge in [-0.05, 0) is 30.6 Å². The molecular weight excluding hydrogens is 376 g/mol. The van der Waals surface area contributed by atoms with E-state index in [4.69, 9.17) is 5.73 Å². The van der Waals surface area contributed by atoms with Gasteiger partial charge in [0, 0.05) is 6.54 Å². The number of carbonyl (C=O) groups is 4. The van der Waals surface area contributed by atoms with Gasteiger partial charge in [-0.2, -0.15) is 0 Å². The highest BCUT2D eigenvalue weighted by Crippen LogP contribution is 2.20. The average Bonchev–Trinajstić information content (AvgIpc) is 3.11. The molecule has 1 heterocycles. The van der Waals surface area contributed by atoms with E-state index in [-0.39, 0.29) is 23.7 Å². The molecule has 0 radical (unpaired) electrons. The SMILES string of the molecule is CC(C)C(N)C(=O)N1CCCC1C(=O)NC(C(=O)NC(C(=O)O)C(C)C)C(C)C. The van der Waals surface area contributed by atoms with E-state index in [1.54, 1.807) is 27.7 Å². The summed E-state index contributed by atoms with van der Waals surface area (Å²) >= 11 is 0. The zero-order chi connectivity index (χ0) is 22.5. The molecule has 1 aliphatic rings. The van der Waals surface area contributed by atoms with Gasteiger partial charge >= 0.3 is 5.97 Å². The number of nitrogens with zero attached hydrogens (tertiary/aromatic N) is 1. The molecule has 3 amide bonds. The number of nitrogens with one attached hydrogen (secondary N) is 2.